The first-order valence-corrected chi connectivity index (χ1v) is 8.07. The summed E-state index contributed by atoms with van der Waals surface area (Å²) in [5, 5.41) is 3.70. The molecular formula is C15H24ClNS. The number of halogens is 1. The molecule has 0 unspecified atom stereocenters. The monoisotopic (exact) mass is 285 g/mol. The topological polar surface area (TPSA) is 12.0 Å². The molecule has 0 radical (unpaired) electrons. The Hall–Kier alpha value is -0.0500. The molecule has 1 heterocycles. The second kappa shape index (κ2) is 5.52. The van der Waals surface area contributed by atoms with E-state index in [0.29, 0.717) is 5.41 Å². The average Bonchev–Trinajstić information content (AvgIpc) is 2.86. The third-order valence-electron chi connectivity index (χ3n) is 3.84. The summed E-state index contributed by atoms with van der Waals surface area (Å²) >= 11 is 7.79. The van der Waals surface area contributed by atoms with Gasteiger partial charge >= 0.3 is 0 Å². The number of thiophene rings is 1. The summed E-state index contributed by atoms with van der Waals surface area (Å²) in [6, 6.07) is 4.23. The van der Waals surface area contributed by atoms with Gasteiger partial charge in [0.1, 0.15) is 0 Å². The van der Waals surface area contributed by atoms with Crippen molar-refractivity contribution in [3.05, 3.63) is 21.3 Å². The van der Waals surface area contributed by atoms with Gasteiger partial charge in [0.25, 0.3) is 0 Å². The molecule has 0 bridgehead atoms. The van der Waals surface area contributed by atoms with E-state index in [0.717, 1.165) is 10.9 Å². The zero-order chi connectivity index (χ0) is 13.2. The van der Waals surface area contributed by atoms with E-state index >= 15 is 0 Å². The maximum absolute atomic E-state index is 6.04. The minimum Gasteiger partial charge on any atom is -0.312 e. The van der Waals surface area contributed by atoms with E-state index in [2.05, 4.69) is 32.2 Å². The lowest BCUT2D eigenvalue weighted by molar-refractivity contribution is 0.246. The molecule has 102 valence electrons. The molecule has 1 saturated carbocycles. The first-order chi connectivity index (χ1) is 8.39. The van der Waals surface area contributed by atoms with Crippen LogP contribution in [0.4, 0.5) is 0 Å². The molecule has 1 aromatic rings. The molecule has 1 aliphatic rings. The molecule has 18 heavy (non-hydrogen) atoms. The standard InChI is InChI=1S/C15H24ClNS/c1-14(2,3)17-11-15(8-4-5-9-15)10-12-6-7-13(16)18-12/h6-7,17H,4-5,8-11H2,1-3H3. The SMILES string of the molecule is CC(C)(C)NCC1(Cc2ccc(Cl)s2)CCCC1. The second-order valence-electron chi connectivity index (χ2n) is 6.69. The lowest BCUT2D eigenvalue weighted by Crippen LogP contribution is -2.43. The van der Waals surface area contributed by atoms with Gasteiger partial charge < -0.3 is 5.32 Å². The van der Waals surface area contributed by atoms with Crippen LogP contribution in [0.3, 0.4) is 0 Å². The number of nitrogens with one attached hydrogen (secondary N) is 1. The zero-order valence-corrected chi connectivity index (χ0v) is 13.3. The average molecular weight is 286 g/mol. The summed E-state index contributed by atoms with van der Waals surface area (Å²) in [5.41, 5.74) is 0.671. The second-order valence-corrected chi connectivity index (χ2v) is 8.49. The molecule has 0 saturated heterocycles. The van der Waals surface area contributed by atoms with Crippen LogP contribution in [0.15, 0.2) is 12.1 Å². The van der Waals surface area contributed by atoms with Crippen LogP contribution in [0.2, 0.25) is 4.34 Å². The van der Waals surface area contributed by atoms with E-state index in [4.69, 9.17) is 11.6 Å². The summed E-state index contributed by atoms with van der Waals surface area (Å²) in [5.74, 6) is 0. The van der Waals surface area contributed by atoms with Crippen LogP contribution in [0.25, 0.3) is 0 Å². The van der Waals surface area contributed by atoms with Gasteiger partial charge in [0.15, 0.2) is 0 Å². The molecule has 1 fully saturated rings. The molecule has 3 heteroatoms. The van der Waals surface area contributed by atoms with E-state index in [1.54, 1.807) is 11.3 Å². The van der Waals surface area contributed by atoms with E-state index in [9.17, 15) is 0 Å². The minimum atomic E-state index is 0.211. The third-order valence-corrected chi connectivity index (χ3v) is 5.07. The van der Waals surface area contributed by atoms with Crippen LogP contribution >= 0.6 is 22.9 Å². The Kier molecular flexibility index (Phi) is 4.40. The third kappa shape index (κ3) is 3.97. The highest BCUT2D eigenvalue weighted by Crippen LogP contribution is 2.42. The number of rotatable bonds is 4. The van der Waals surface area contributed by atoms with Crippen LogP contribution in [-0.4, -0.2) is 12.1 Å². The van der Waals surface area contributed by atoms with E-state index < -0.39 is 0 Å². The van der Waals surface area contributed by atoms with Crippen LogP contribution < -0.4 is 5.32 Å². The Balaban J connectivity index is 2.02. The number of hydrogen-bond donors (Lipinski definition) is 1. The minimum absolute atomic E-state index is 0.211. The maximum Gasteiger partial charge on any atom is 0.0931 e. The largest absolute Gasteiger partial charge is 0.312 e. The molecule has 1 nitrogen and oxygen atoms in total. The Bertz CT molecular complexity index is 385. The summed E-state index contributed by atoms with van der Waals surface area (Å²) < 4.78 is 0.918. The quantitative estimate of drug-likeness (QED) is 0.830. The van der Waals surface area contributed by atoms with Gasteiger partial charge in [-0.2, -0.15) is 0 Å². The van der Waals surface area contributed by atoms with Crippen molar-refractivity contribution in [2.24, 2.45) is 5.41 Å². The van der Waals surface area contributed by atoms with Gasteiger partial charge in [-0.1, -0.05) is 24.4 Å². The van der Waals surface area contributed by atoms with E-state index in [1.165, 1.54) is 37.0 Å². The van der Waals surface area contributed by atoms with Gasteiger partial charge in [0.2, 0.25) is 0 Å². The highest BCUT2D eigenvalue weighted by atomic mass is 35.5. The van der Waals surface area contributed by atoms with Crippen molar-refractivity contribution in [2.45, 2.75) is 58.4 Å². The van der Waals surface area contributed by atoms with Gasteiger partial charge in [-0.25, -0.2) is 0 Å². The van der Waals surface area contributed by atoms with E-state index in [1.807, 2.05) is 6.07 Å². The lowest BCUT2D eigenvalue weighted by Gasteiger charge is -2.33. The Morgan fingerprint density at radius 1 is 1.28 bits per heavy atom. The molecule has 0 aliphatic heterocycles. The van der Waals surface area contributed by atoms with Crippen LogP contribution in [0, 0.1) is 5.41 Å². The molecule has 0 amide bonds. The first kappa shape index (κ1) is 14.4. The van der Waals surface area contributed by atoms with Gasteiger partial charge in [-0.3, -0.25) is 0 Å². The van der Waals surface area contributed by atoms with Crippen LogP contribution in [0.1, 0.15) is 51.3 Å². The van der Waals surface area contributed by atoms with Crippen molar-refractivity contribution in [1.82, 2.24) is 5.32 Å². The van der Waals surface area contributed by atoms with Crippen LogP contribution in [-0.2, 0) is 6.42 Å². The zero-order valence-electron chi connectivity index (χ0n) is 11.7. The van der Waals surface area contributed by atoms with Gasteiger partial charge in [-0.15, -0.1) is 11.3 Å². The van der Waals surface area contributed by atoms with Crippen molar-refractivity contribution in [2.75, 3.05) is 6.54 Å². The Morgan fingerprint density at radius 2 is 1.94 bits per heavy atom. The fraction of sp³-hybridized carbons (Fsp3) is 0.733. The molecule has 0 aromatic carbocycles. The van der Waals surface area contributed by atoms with Gasteiger partial charge in [0, 0.05) is 17.0 Å². The van der Waals surface area contributed by atoms with Crippen molar-refractivity contribution in [1.29, 1.82) is 0 Å². The van der Waals surface area contributed by atoms with Crippen molar-refractivity contribution >= 4 is 22.9 Å². The highest BCUT2D eigenvalue weighted by Gasteiger charge is 2.35. The molecule has 2 rings (SSSR count). The summed E-state index contributed by atoms with van der Waals surface area (Å²) in [4.78, 5) is 1.44. The van der Waals surface area contributed by atoms with Crippen LogP contribution in [0.5, 0.6) is 0 Å². The summed E-state index contributed by atoms with van der Waals surface area (Å²) in [7, 11) is 0. The molecular weight excluding hydrogens is 262 g/mol. The normalized spacial score (nSPS) is 19.3. The fourth-order valence-electron chi connectivity index (χ4n) is 2.81. The van der Waals surface area contributed by atoms with Gasteiger partial charge in [-0.05, 0) is 57.6 Å². The fourth-order valence-corrected chi connectivity index (χ4v) is 4.07. The smallest absolute Gasteiger partial charge is 0.0931 e. The summed E-state index contributed by atoms with van der Waals surface area (Å²) in [6.45, 7) is 7.87. The van der Waals surface area contributed by atoms with Crippen molar-refractivity contribution in [3.63, 3.8) is 0 Å². The molecule has 1 aromatic heterocycles. The lowest BCUT2D eigenvalue weighted by atomic mass is 9.81. The Morgan fingerprint density at radius 3 is 2.44 bits per heavy atom. The Labute approximate surface area is 120 Å². The predicted octanol–water partition coefficient (Wildman–Crippen LogP) is 4.89. The van der Waals surface area contributed by atoms with Crippen molar-refractivity contribution < 1.29 is 0 Å². The predicted molar refractivity (Wildman–Crippen MR) is 81.7 cm³/mol. The molecule has 1 N–H and O–H groups in total. The first-order valence-electron chi connectivity index (χ1n) is 6.88. The maximum atomic E-state index is 6.04. The summed E-state index contributed by atoms with van der Waals surface area (Å²) in [6.07, 6.45) is 6.65. The molecule has 0 atom stereocenters. The highest BCUT2D eigenvalue weighted by molar-refractivity contribution is 7.16. The van der Waals surface area contributed by atoms with E-state index in [-0.39, 0.29) is 5.54 Å². The van der Waals surface area contributed by atoms with Gasteiger partial charge in [0.05, 0.1) is 4.34 Å². The van der Waals surface area contributed by atoms with Crippen molar-refractivity contribution in [3.8, 4) is 0 Å². The molecule has 1 aliphatic carbocycles. The number of hydrogen-bond acceptors (Lipinski definition) is 2. The molecule has 0 spiro atoms.